The SMILES string of the molecule is CCOc1cccc(C2C(=C(O)c3ccc(Cl)cc3)C(=O)C(=O)N2c2nc3ccc(Cl)cc3s2)c1. The summed E-state index contributed by atoms with van der Waals surface area (Å²) in [5.41, 5.74) is 1.58. The average molecular weight is 525 g/mol. The van der Waals surface area contributed by atoms with E-state index in [2.05, 4.69) is 4.98 Å². The number of rotatable bonds is 5. The highest BCUT2D eigenvalue weighted by Crippen LogP contribution is 2.45. The summed E-state index contributed by atoms with van der Waals surface area (Å²) in [5.74, 6) is -1.30. The molecule has 0 aliphatic carbocycles. The van der Waals surface area contributed by atoms with Crippen molar-refractivity contribution >= 4 is 67.3 Å². The molecule has 1 fully saturated rings. The maximum atomic E-state index is 13.4. The Balaban J connectivity index is 1.72. The summed E-state index contributed by atoms with van der Waals surface area (Å²) in [6.45, 7) is 2.32. The summed E-state index contributed by atoms with van der Waals surface area (Å²) in [7, 11) is 0. The monoisotopic (exact) mass is 524 g/mol. The third kappa shape index (κ3) is 4.27. The van der Waals surface area contributed by atoms with E-state index in [1.54, 1.807) is 66.7 Å². The van der Waals surface area contributed by atoms with Gasteiger partial charge in [0.1, 0.15) is 11.5 Å². The van der Waals surface area contributed by atoms with Crippen molar-refractivity contribution in [1.82, 2.24) is 4.98 Å². The van der Waals surface area contributed by atoms with Crippen LogP contribution in [0.2, 0.25) is 10.0 Å². The van der Waals surface area contributed by atoms with Gasteiger partial charge in [-0.05, 0) is 67.1 Å². The van der Waals surface area contributed by atoms with Crippen molar-refractivity contribution in [3.63, 3.8) is 0 Å². The normalized spacial score (nSPS) is 17.3. The molecule has 176 valence electrons. The molecule has 5 rings (SSSR count). The van der Waals surface area contributed by atoms with Crippen molar-refractivity contribution in [2.45, 2.75) is 13.0 Å². The Kier molecular flexibility index (Phi) is 6.23. The molecule has 2 heterocycles. The van der Waals surface area contributed by atoms with E-state index in [1.165, 1.54) is 16.2 Å². The summed E-state index contributed by atoms with van der Waals surface area (Å²) in [4.78, 5) is 32.6. The fourth-order valence-electron chi connectivity index (χ4n) is 4.04. The van der Waals surface area contributed by atoms with Gasteiger partial charge in [-0.1, -0.05) is 46.7 Å². The maximum Gasteiger partial charge on any atom is 0.301 e. The minimum atomic E-state index is -0.915. The second-order valence-corrected chi connectivity index (χ2v) is 9.67. The molecule has 1 N–H and O–H groups in total. The Bertz CT molecular complexity index is 1500. The zero-order valence-corrected chi connectivity index (χ0v) is 20.7. The van der Waals surface area contributed by atoms with Gasteiger partial charge in [0, 0.05) is 15.6 Å². The van der Waals surface area contributed by atoms with E-state index >= 15 is 0 Å². The first-order valence-corrected chi connectivity index (χ1v) is 12.3. The van der Waals surface area contributed by atoms with Crippen LogP contribution >= 0.6 is 34.5 Å². The van der Waals surface area contributed by atoms with E-state index in [-0.39, 0.29) is 11.3 Å². The average Bonchev–Trinajstić information content (AvgIpc) is 3.37. The molecule has 0 radical (unpaired) electrons. The Labute approximate surface area is 215 Å². The first-order valence-electron chi connectivity index (χ1n) is 10.7. The maximum absolute atomic E-state index is 13.4. The first-order chi connectivity index (χ1) is 16.9. The van der Waals surface area contributed by atoms with E-state index in [9.17, 15) is 14.7 Å². The van der Waals surface area contributed by atoms with E-state index in [0.717, 1.165) is 4.70 Å². The van der Waals surface area contributed by atoms with Crippen LogP contribution in [-0.4, -0.2) is 28.4 Å². The van der Waals surface area contributed by atoms with Gasteiger partial charge >= 0.3 is 5.91 Å². The number of hydrogen-bond donors (Lipinski definition) is 1. The van der Waals surface area contributed by atoms with Crippen molar-refractivity contribution in [3.8, 4) is 5.75 Å². The van der Waals surface area contributed by atoms with Crippen molar-refractivity contribution in [2.75, 3.05) is 11.5 Å². The second-order valence-electron chi connectivity index (χ2n) is 7.79. The third-order valence-corrected chi connectivity index (χ3v) is 7.10. The zero-order valence-electron chi connectivity index (χ0n) is 18.4. The number of amides is 1. The number of aliphatic hydroxyl groups excluding tert-OH is 1. The number of fused-ring (bicyclic) bond motifs is 1. The van der Waals surface area contributed by atoms with Crippen LogP contribution in [0.25, 0.3) is 16.0 Å². The molecule has 0 spiro atoms. The van der Waals surface area contributed by atoms with Crippen molar-refractivity contribution in [2.24, 2.45) is 0 Å². The summed E-state index contributed by atoms with van der Waals surface area (Å²) in [5, 5.41) is 12.6. The van der Waals surface area contributed by atoms with Gasteiger partial charge in [-0.3, -0.25) is 14.5 Å². The lowest BCUT2D eigenvalue weighted by molar-refractivity contribution is -0.132. The Morgan fingerprint density at radius 1 is 1.06 bits per heavy atom. The van der Waals surface area contributed by atoms with E-state index < -0.39 is 17.7 Å². The molecule has 1 amide bonds. The standard InChI is InChI=1S/C26H18Cl2N2O4S/c1-2-34-18-5-3-4-15(12-18)22-21(23(31)14-6-8-16(27)9-7-14)24(32)25(33)30(22)26-29-19-11-10-17(28)13-20(19)35-26/h3-13,22,31H,2H2,1H3. The summed E-state index contributed by atoms with van der Waals surface area (Å²) < 4.78 is 6.42. The Hall–Kier alpha value is -3.39. The number of ketones is 1. The van der Waals surface area contributed by atoms with Crippen molar-refractivity contribution in [1.29, 1.82) is 0 Å². The number of aromatic nitrogens is 1. The van der Waals surface area contributed by atoms with Gasteiger partial charge in [0.05, 0.1) is 28.4 Å². The number of hydrogen-bond acceptors (Lipinski definition) is 6. The minimum absolute atomic E-state index is 0.0386. The topological polar surface area (TPSA) is 79.7 Å². The lowest BCUT2D eigenvalue weighted by Gasteiger charge is -2.23. The van der Waals surface area contributed by atoms with Crippen molar-refractivity contribution < 1.29 is 19.4 Å². The molecular weight excluding hydrogens is 507 g/mol. The number of ether oxygens (including phenoxy) is 1. The number of aliphatic hydroxyl groups is 1. The van der Waals surface area contributed by atoms with Crippen LogP contribution in [0.3, 0.4) is 0 Å². The van der Waals surface area contributed by atoms with Crippen LogP contribution in [0, 0.1) is 0 Å². The number of carbonyl (C=O) groups is 2. The summed E-state index contributed by atoms with van der Waals surface area (Å²) in [6.07, 6.45) is 0. The Morgan fingerprint density at radius 3 is 2.54 bits per heavy atom. The zero-order chi connectivity index (χ0) is 24.7. The fraction of sp³-hybridized carbons (Fsp3) is 0.115. The number of anilines is 1. The third-order valence-electron chi connectivity index (χ3n) is 5.59. The molecule has 35 heavy (non-hydrogen) atoms. The molecule has 3 aromatic carbocycles. The highest BCUT2D eigenvalue weighted by molar-refractivity contribution is 7.22. The second kappa shape index (κ2) is 9.34. The van der Waals surface area contributed by atoms with E-state index in [1.807, 2.05) is 6.92 Å². The van der Waals surface area contributed by atoms with E-state index in [4.69, 9.17) is 27.9 Å². The molecule has 1 aliphatic heterocycles. The van der Waals surface area contributed by atoms with Crippen LogP contribution in [-0.2, 0) is 9.59 Å². The van der Waals surface area contributed by atoms with Gasteiger partial charge in [0.15, 0.2) is 5.13 Å². The van der Waals surface area contributed by atoms with Crippen LogP contribution in [0.15, 0.2) is 72.3 Å². The minimum Gasteiger partial charge on any atom is -0.507 e. The lowest BCUT2D eigenvalue weighted by atomic mass is 9.95. The first kappa shape index (κ1) is 23.4. The molecular formula is C26H18Cl2N2O4S. The molecule has 0 saturated carbocycles. The lowest BCUT2D eigenvalue weighted by Crippen LogP contribution is -2.29. The van der Waals surface area contributed by atoms with Crippen molar-refractivity contribution in [3.05, 3.63) is 93.5 Å². The van der Waals surface area contributed by atoms with Crippen LogP contribution < -0.4 is 9.64 Å². The molecule has 4 aromatic rings. The number of halogens is 2. The largest absolute Gasteiger partial charge is 0.507 e. The number of benzene rings is 3. The predicted molar refractivity (Wildman–Crippen MR) is 138 cm³/mol. The van der Waals surface area contributed by atoms with Gasteiger partial charge in [-0.2, -0.15) is 0 Å². The number of carbonyl (C=O) groups excluding carboxylic acids is 2. The Morgan fingerprint density at radius 2 is 1.80 bits per heavy atom. The number of nitrogens with zero attached hydrogens (tertiary/aromatic N) is 2. The highest BCUT2D eigenvalue weighted by atomic mass is 35.5. The number of thiazole rings is 1. The van der Waals surface area contributed by atoms with Gasteiger partial charge < -0.3 is 9.84 Å². The molecule has 1 atom stereocenters. The number of Topliss-reactive ketones (excluding diaryl/α,β-unsaturated/α-hetero) is 1. The van der Waals surface area contributed by atoms with Crippen LogP contribution in [0.5, 0.6) is 5.75 Å². The molecule has 9 heteroatoms. The molecule has 1 aliphatic rings. The highest BCUT2D eigenvalue weighted by Gasteiger charge is 2.48. The fourth-order valence-corrected chi connectivity index (χ4v) is 5.43. The van der Waals surface area contributed by atoms with Gasteiger partial charge in [0.25, 0.3) is 5.78 Å². The van der Waals surface area contributed by atoms with Gasteiger partial charge in [-0.15, -0.1) is 0 Å². The predicted octanol–water partition coefficient (Wildman–Crippen LogP) is 6.63. The molecule has 1 saturated heterocycles. The molecule has 6 nitrogen and oxygen atoms in total. The van der Waals surface area contributed by atoms with Gasteiger partial charge in [-0.25, -0.2) is 4.98 Å². The van der Waals surface area contributed by atoms with E-state index in [0.29, 0.717) is 44.2 Å². The summed E-state index contributed by atoms with van der Waals surface area (Å²) >= 11 is 13.4. The molecule has 1 unspecified atom stereocenters. The van der Waals surface area contributed by atoms with Crippen LogP contribution in [0.1, 0.15) is 24.1 Å². The smallest absolute Gasteiger partial charge is 0.301 e. The molecule has 0 bridgehead atoms. The summed E-state index contributed by atoms with van der Waals surface area (Å²) in [6, 6.07) is 17.8. The quantitative estimate of drug-likeness (QED) is 0.180. The van der Waals surface area contributed by atoms with Gasteiger partial charge in [0.2, 0.25) is 0 Å². The molecule has 1 aromatic heterocycles. The van der Waals surface area contributed by atoms with Crippen LogP contribution in [0.4, 0.5) is 5.13 Å².